The number of carbonyl (C=O) groups excluding carboxylic acids is 1. The van der Waals surface area contributed by atoms with Crippen LogP contribution >= 0.6 is 166 Å². The third-order valence-electron chi connectivity index (χ3n) is 6.30. The third-order valence-corrected chi connectivity index (χ3v) is 58.2. The molecular formula is C21H20BrF3N3O4P17S3. The van der Waals surface area contributed by atoms with Crippen LogP contribution in [0.5, 0.6) is 0 Å². The fourth-order valence-electron chi connectivity index (χ4n) is 4.36. The van der Waals surface area contributed by atoms with Crippen LogP contribution < -0.4 is 5.32 Å². The monoisotopic (exact) mass is 1140 g/mol. The van der Waals surface area contributed by atoms with Gasteiger partial charge < -0.3 is 4.42 Å². The van der Waals surface area contributed by atoms with Crippen molar-refractivity contribution in [3.05, 3.63) is 63.6 Å². The Morgan fingerprint density at radius 2 is 1.75 bits per heavy atom. The zero-order valence-electron chi connectivity index (χ0n) is 25.5. The second-order valence-corrected chi connectivity index (χ2v) is 50.4. The molecule has 0 saturated heterocycles. The number of aromatic nitrogens is 2. The van der Waals surface area contributed by atoms with E-state index in [2.05, 4.69) is 39.0 Å². The number of ketones is 1. The number of anilines is 1. The van der Waals surface area contributed by atoms with E-state index in [9.17, 15) is 18.0 Å². The van der Waals surface area contributed by atoms with Crippen molar-refractivity contribution in [3.8, 4) is 0 Å². The minimum atomic E-state index is -4.55. The van der Waals surface area contributed by atoms with Gasteiger partial charge in [-0.3, -0.25) is 0 Å². The van der Waals surface area contributed by atoms with E-state index in [4.69, 9.17) is 20.6 Å². The molecule has 1 N–H and O–H groups in total. The van der Waals surface area contributed by atoms with Gasteiger partial charge in [-0.1, -0.05) is 8.93 Å². The number of rotatable bonds is 17. The zero-order chi connectivity index (χ0) is 37.2. The molecule has 0 spiro atoms. The molecule has 0 radical (unpaired) electrons. The van der Waals surface area contributed by atoms with Crippen molar-refractivity contribution in [1.82, 2.24) is 9.97 Å². The number of nitrogens with zero attached hydrogens (tertiary/aromatic N) is 2. The molecule has 4 rings (SSSR count). The molecule has 4 atom stereocenters. The average molecular weight is 1140 g/mol. The summed E-state index contributed by atoms with van der Waals surface area (Å²) in [5, 5.41) is 5.20. The standard InChI is InChI=1S/C21H20BrF3N3O4P17S3/c22-51-30-8-12-5-13(6-16(12)32-52(34)49-48-47-46-45-44-43-42-41-40-39-38-37-36-35-33)28-20-15(7-26-10-27-20)19(29)17-4-11(9-50-17)3-14-1-2-18(31-14)21(23,24)25/h1-2,4,7,9-10,12-13,16H,3,5-6,8,33H2,(H,26,27,28)/t12-,13-,16+/m1/s1. The van der Waals surface area contributed by atoms with Gasteiger partial charge >= 0.3 is 260 Å². The SMILES string of the molecule is O=C(c1cc(Cc2ccc(C(F)(F)F)o2)cs1)c1cncnc1N[C@@H]1C[C@H](COSBr)[C@@H](OS(#P)=PP=PP=PP=PP=PP=PP=PP=PP)C1. The van der Waals surface area contributed by atoms with Crippen LogP contribution in [-0.2, 0) is 30.3 Å². The Balaban J connectivity index is 1.33. The zero-order valence-corrected chi connectivity index (χ0v) is 45.0. The molecule has 31 heteroatoms. The van der Waals surface area contributed by atoms with Crippen LogP contribution in [-0.4, -0.2) is 34.5 Å². The predicted octanol–water partition coefficient (Wildman–Crippen LogP) is 20.1. The topological polar surface area (TPSA) is 86.5 Å². The Labute approximate surface area is 343 Å². The molecule has 1 saturated carbocycles. The van der Waals surface area contributed by atoms with Crippen molar-refractivity contribution in [1.29, 1.82) is 0 Å². The molecule has 52 heavy (non-hydrogen) atoms. The van der Waals surface area contributed by atoms with Gasteiger partial charge in [0, 0.05) is 6.42 Å². The van der Waals surface area contributed by atoms with Crippen LogP contribution in [0.3, 0.4) is 0 Å². The Morgan fingerprint density at radius 3 is 2.38 bits per heavy atom. The van der Waals surface area contributed by atoms with Crippen LogP contribution in [0.25, 0.3) is 0 Å². The Hall–Kier alpha value is 3.65. The molecule has 1 aliphatic carbocycles. The summed E-state index contributed by atoms with van der Waals surface area (Å²) in [5.41, 5.74) is 0.996. The molecule has 3 aromatic heterocycles. The summed E-state index contributed by atoms with van der Waals surface area (Å²) in [6.07, 6.45) is -0.159. The Bertz CT molecular complexity index is 2010. The van der Waals surface area contributed by atoms with Crippen molar-refractivity contribution in [3.63, 3.8) is 0 Å². The van der Waals surface area contributed by atoms with E-state index in [-0.39, 0.29) is 36.0 Å². The summed E-state index contributed by atoms with van der Waals surface area (Å²) in [6.45, 7) is 0.495. The molecular weight excluding hydrogens is 1120 g/mol. The number of hydrogen-bond donors (Lipinski definition) is 1. The summed E-state index contributed by atoms with van der Waals surface area (Å²) in [6, 6.07) is 3.86. The molecule has 1 fully saturated rings. The number of halogens is 4. The summed E-state index contributed by atoms with van der Waals surface area (Å²) < 4.78 is 55.9. The Kier molecular flexibility index (Phi) is 25.5. The number of alkyl halides is 3. The molecule has 3 heterocycles. The van der Waals surface area contributed by atoms with Gasteiger partial charge in [-0.25, -0.2) is 0 Å². The normalized spacial score (nSPS) is 19.0. The van der Waals surface area contributed by atoms with Crippen molar-refractivity contribution < 1.29 is 30.7 Å². The maximum absolute atomic E-state index is 13.6. The molecule has 274 valence electrons. The van der Waals surface area contributed by atoms with Gasteiger partial charge in [0.15, 0.2) is 0 Å². The molecule has 1 unspecified atom stereocenters. The van der Waals surface area contributed by atoms with Crippen molar-refractivity contribution >= 4 is 187 Å². The molecule has 7 nitrogen and oxygen atoms in total. The first kappa shape index (κ1) is 48.3. The second kappa shape index (κ2) is 27.5. The van der Waals surface area contributed by atoms with Crippen molar-refractivity contribution in [2.24, 2.45) is 5.92 Å². The number of hydrogen-bond acceptors (Lipinski definition) is 9. The molecule has 0 aliphatic heterocycles. The summed E-state index contributed by atoms with van der Waals surface area (Å²) >= 11 is 4.49. The summed E-state index contributed by atoms with van der Waals surface area (Å²) in [7, 11) is 29.6. The van der Waals surface area contributed by atoms with E-state index in [1.165, 1.54) is 136 Å². The van der Waals surface area contributed by atoms with E-state index in [0.29, 0.717) is 34.8 Å². The van der Waals surface area contributed by atoms with E-state index in [0.717, 1.165) is 30.0 Å². The van der Waals surface area contributed by atoms with Crippen LogP contribution in [0.1, 0.15) is 45.2 Å². The van der Waals surface area contributed by atoms with Gasteiger partial charge in [0.1, 0.15) is 5.76 Å². The first-order chi connectivity index (χ1) is 25.2. The van der Waals surface area contributed by atoms with Crippen LogP contribution in [0.15, 0.2) is 40.5 Å². The first-order valence-corrected chi connectivity index (χ1v) is 44.9. The summed E-state index contributed by atoms with van der Waals surface area (Å²) in [5.74, 6) is -0.602. The molecule has 0 amide bonds. The average Bonchev–Trinajstić information content (AvgIpc) is 3.88. The molecule has 1 aliphatic rings. The van der Waals surface area contributed by atoms with Crippen LogP contribution in [0.2, 0.25) is 0 Å². The third kappa shape index (κ3) is 18.1. The van der Waals surface area contributed by atoms with E-state index >= 15 is 0 Å². The van der Waals surface area contributed by atoms with Gasteiger partial charge in [-0.15, -0.1) is 0 Å². The first-order valence-electron chi connectivity index (χ1n) is 13.7. The van der Waals surface area contributed by atoms with Gasteiger partial charge in [0.25, 0.3) is 0 Å². The van der Waals surface area contributed by atoms with E-state index in [1.54, 1.807) is 11.4 Å². The predicted molar refractivity (Wildman–Crippen MR) is 252 cm³/mol. The van der Waals surface area contributed by atoms with Gasteiger partial charge in [-0.05, 0) is 42.4 Å². The summed E-state index contributed by atoms with van der Waals surface area (Å²) in [4.78, 5) is 22.5. The number of thiophene rings is 1. The maximum atomic E-state index is 13.6. The quantitative estimate of drug-likeness (QED) is 0.0813. The molecule has 3 aromatic rings. The van der Waals surface area contributed by atoms with Crippen molar-refractivity contribution in [2.75, 3.05) is 11.9 Å². The van der Waals surface area contributed by atoms with Crippen LogP contribution in [0.4, 0.5) is 19.0 Å². The minimum absolute atomic E-state index is 0.0225. The van der Waals surface area contributed by atoms with Gasteiger partial charge in [0.05, 0.1) is 0 Å². The fraction of sp³-hybridized carbons (Fsp3) is 0.381. The number of nitrogens with one attached hydrogen (secondary N) is 1. The van der Waals surface area contributed by atoms with Crippen molar-refractivity contribution in [2.45, 2.75) is 37.6 Å². The fourth-order valence-corrected chi connectivity index (χ4v) is 69.7. The van der Waals surface area contributed by atoms with Gasteiger partial charge in [-0.2, -0.15) is 13.2 Å². The van der Waals surface area contributed by atoms with Crippen LogP contribution in [0, 0.1) is 5.92 Å². The number of furan rings is 1. The second-order valence-electron chi connectivity index (χ2n) is 9.52. The van der Waals surface area contributed by atoms with E-state index < -0.39 is 21.3 Å². The number of carbonyl (C=O) groups is 1. The Morgan fingerprint density at radius 1 is 1.08 bits per heavy atom. The molecule has 0 bridgehead atoms. The van der Waals surface area contributed by atoms with E-state index in [1.807, 2.05) is 0 Å². The van der Waals surface area contributed by atoms with Gasteiger partial charge in [0.2, 0.25) is 5.76 Å². The molecule has 0 aromatic carbocycles.